The van der Waals surface area contributed by atoms with Crippen molar-refractivity contribution in [3.05, 3.63) is 72.3 Å². The summed E-state index contributed by atoms with van der Waals surface area (Å²) in [5.74, 6) is -0.393. The van der Waals surface area contributed by atoms with Crippen molar-refractivity contribution >= 4 is 23.2 Å². The number of anilines is 2. The Balaban J connectivity index is 2.14. The first-order chi connectivity index (χ1) is 11.1. The Hall–Kier alpha value is -2.88. The molecule has 2 aromatic carbocycles. The molecule has 2 aromatic rings. The van der Waals surface area contributed by atoms with Gasteiger partial charge in [-0.15, -0.1) is 6.58 Å². The minimum atomic E-state index is -0.254. The number of para-hydroxylation sites is 1. The van der Waals surface area contributed by atoms with Gasteiger partial charge in [0.05, 0.1) is 11.3 Å². The van der Waals surface area contributed by atoms with Gasteiger partial charge in [-0.2, -0.15) is 0 Å². The van der Waals surface area contributed by atoms with E-state index in [4.69, 9.17) is 0 Å². The van der Waals surface area contributed by atoms with Crippen LogP contribution in [0.4, 0.5) is 11.4 Å². The fraction of sp³-hybridized carbons (Fsp3) is 0.158. The van der Waals surface area contributed by atoms with Crippen LogP contribution in [0.1, 0.15) is 28.8 Å². The van der Waals surface area contributed by atoms with Gasteiger partial charge in [-0.25, -0.2) is 0 Å². The highest BCUT2D eigenvalue weighted by molar-refractivity contribution is 6.10. The van der Waals surface area contributed by atoms with E-state index < -0.39 is 0 Å². The van der Waals surface area contributed by atoms with E-state index in [1.165, 1.54) is 0 Å². The highest BCUT2D eigenvalue weighted by Gasteiger charge is 2.13. The van der Waals surface area contributed by atoms with Gasteiger partial charge in [-0.05, 0) is 43.2 Å². The molecule has 0 saturated carbocycles. The summed E-state index contributed by atoms with van der Waals surface area (Å²) >= 11 is 0. The minimum absolute atomic E-state index is 0.138. The Labute approximate surface area is 136 Å². The molecule has 0 heterocycles. The Bertz CT molecular complexity index is 723. The molecule has 0 saturated heterocycles. The SMILES string of the molecule is C=CCCC(=O)Nc1ccccc1C(=O)Nc1cccc(C)c1. The number of nitrogens with one attached hydrogen (secondary N) is 2. The zero-order chi connectivity index (χ0) is 16.7. The van der Waals surface area contributed by atoms with Gasteiger partial charge < -0.3 is 10.6 Å². The average molecular weight is 308 g/mol. The predicted molar refractivity (Wildman–Crippen MR) is 93.6 cm³/mol. The summed E-state index contributed by atoms with van der Waals surface area (Å²) in [6.07, 6.45) is 2.64. The van der Waals surface area contributed by atoms with Crippen LogP contribution in [0.25, 0.3) is 0 Å². The first-order valence-corrected chi connectivity index (χ1v) is 7.48. The van der Waals surface area contributed by atoms with Crippen molar-refractivity contribution in [1.29, 1.82) is 0 Å². The van der Waals surface area contributed by atoms with Crippen LogP contribution >= 0.6 is 0 Å². The van der Waals surface area contributed by atoms with E-state index in [-0.39, 0.29) is 11.8 Å². The van der Waals surface area contributed by atoms with Gasteiger partial charge >= 0.3 is 0 Å². The molecule has 4 heteroatoms. The summed E-state index contributed by atoms with van der Waals surface area (Å²) in [5.41, 5.74) is 2.73. The zero-order valence-electron chi connectivity index (χ0n) is 13.1. The number of aryl methyl sites for hydroxylation is 1. The van der Waals surface area contributed by atoms with E-state index in [2.05, 4.69) is 17.2 Å². The molecular formula is C19H20N2O2. The molecule has 0 aromatic heterocycles. The molecule has 23 heavy (non-hydrogen) atoms. The van der Waals surface area contributed by atoms with Crippen LogP contribution in [0.15, 0.2) is 61.2 Å². The highest BCUT2D eigenvalue weighted by atomic mass is 16.2. The van der Waals surface area contributed by atoms with E-state index >= 15 is 0 Å². The molecule has 0 radical (unpaired) electrons. The normalized spacial score (nSPS) is 9.96. The van der Waals surface area contributed by atoms with Crippen LogP contribution in [-0.4, -0.2) is 11.8 Å². The fourth-order valence-corrected chi connectivity index (χ4v) is 2.16. The number of hydrogen-bond acceptors (Lipinski definition) is 2. The number of amides is 2. The lowest BCUT2D eigenvalue weighted by atomic mass is 10.1. The van der Waals surface area contributed by atoms with Crippen molar-refractivity contribution in [2.75, 3.05) is 10.6 Å². The molecule has 118 valence electrons. The van der Waals surface area contributed by atoms with Gasteiger partial charge in [-0.3, -0.25) is 9.59 Å². The smallest absolute Gasteiger partial charge is 0.257 e. The fourth-order valence-electron chi connectivity index (χ4n) is 2.16. The van der Waals surface area contributed by atoms with Gasteiger partial charge in [0.1, 0.15) is 0 Å². The number of hydrogen-bond donors (Lipinski definition) is 2. The third-order valence-corrected chi connectivity index (χ3v) is 3.30. The number of carbonyl (C=O) groups is 2. The topological polar surface area (TPSA) is 58.2 Å². The number of carbonyl (C=O) groups excluding carboxylic acids is 2. The van der Waals surface area contributed by atoms with Crippen molar-refractivity contribution in [2.45, 2.75) is 19.8 Å². The standard InChI is InChI=1S/C19H20N2O2/c1-3-4-12-18(22)21-17-11-6-5-10-16(17)19(23)20-15-9-7-8-14(2)13-15/h3,5-11,13H,1,4,12H2,2H3,(H,20,23)(H,21,22). The second kappa shape index (κ2) is 7.94. The molecule has 0 unspecified atom stereocenters. The van der Waals surface area contributed by atoms with Crippen molar-refractivity contribution in [1.82, 2.24) is 0 Å². The maximum atomic E-state index is 12.5. The van der Waals surface area contributed by atoms with Crippen LogP contribution in [0.2, 0.25) is 0 Å². The average Bonchev–Trinajstić information content (AvgIpc) is 2.53. The third-order valence-electron chi connectivity index (χ3n) is 3.30. The molecule has 0 spiro atoms. The molecule has 2 amide bonds. The van der Waals surface area contributed by atoms with Crippen LogP contribution < -0.4 is 10.6 Å². The lowest BCUT2D eigenvalue weighted by Gasteiger charge is -2.11. The largest absolute Gasteiger partial charge is 0.325 e. The molecule has 4 nitrogen and oxygen atoms in total. The van der Waals surface area contributed by atoms with Gasteiger partial charge in [0.2, 0.25) is 5.91 Å². The second-order valence-corrected chi connectivity index (χ2v) is 5.24. The first kappa shape index (κ1) is 16.5. The molecule has 0 aliphatic heterocycles. The molecule has 0 atom stereocenters. The highest BCUT2D eigenvalue weighted by Crippen LogP contribution is 2.18. The van der Waals surface area contributed by atoms with E-state index in [1.54, 1.807) is 30.3 Å². The number of benzene rings is 2. The van der Waals surface area contributed by atoms with Gasteiger partial charge in [0, 0.05) is 12.1 Å². The third kappa shape index (κ3) is 4.81. The van der Waals surface area contributed by atoms with E-state index in [0.717, 1.165) is 11.3 Å². The molecule has 0 aliphatic rings. The van der Waals surface area contributed by atoms with Crippen LogP contribution in [-0.2, 0) is 4.79 Å². The minimum Gasteiger partial charge on any atom is -0.325 e. The number of allylic oxidation sites excluding steroid dienone is 1. The van der Waals surface area contributed by atoms with Crippen LogP contribution in [0.3, 0.4) is 0 Å². The maximum absolute atomic E-state index is 12.5. The summed E-state index contributed by atoms with van der Waals surface area (Å²) < 4.78 is 0. The molecule has 2 N–H and O–H groups in total. The number of rotatable bonds is 6. The Morgan fingerprint density at radius 3 is 2.61 bits per heavy atom. The summed E-state index contributed by atoms with van der Waals surface area (Å²) in [5, 5.41) is 5.63. The van der Waals surface area contributed by atoms with E-state index in [9.17, 15) is 9.59 Å². The first-order valence-electron chi connectivity index (χ1n) is 7.48. The summed E-state index contributed by atoms with van der Waals surface area (Å²) in [6, 6.07) is 14.5. The molecule has 0 fully saturated rings. The Morgan fingerprint density at radius 1 is 1.09 bits per heavy atom. The summed E-state index contributed by atoms with van der Waals surface area (Å²) in [7, 11) is 0. The van der Waals surface area contributed by atoms with Crippen molar-refractivity contribution in [3.8, 4) is 0 Å². The molecule has 0 aliphatic carbocycles. The van der Waals surface area contributed by atoms with E-state index in [0.29, 0.717) is 24.1 Å². The second-order valence-electron chi connectivity index (χ2n) is 5.24. The van der Waals surface area contributed by atoms with Crippen LogP contribution in [0, 0.1) is 6.92 Å². The zero-order valence-corrected chi connectivity index (χ0v) is 13.1. The van der Waals surface area contributed by atoms with Gasteiger partial charge in [-0.1, -0.05) is 30.3 Å². The maximum Gasteiger partial charge on any atom is 0.257 e. The quantitative estimate of drug-likeness (QED) is 0.788. The predicted octanol–water partition coefficient (Wildman–Crippen LogP) is 4.15. The van der Waals surface area contributed by atoms with Gasteiger partial charge in [0.25, 0.3) is 5.91 Å². The Morgan fingerprint density at radius 2 is 1.87 bits per heavy atom. The van der Waals surface area contributed by atoms with Crippen molar-refractivity contribution < 1.29 is 9.59 Å². The molecule has 2 rings (SSSR count). The van der Waals surface area contributed by atoms with Crippen LogP contribution in [0.5, 0.6) is 0 Å². The lowest BCUT2D eigenvalue weighted by molar-refractivity contribution is -0.116. The van der Waals surface area contributed by atoms with E-state index in [1.807, 2.05) is 31.2 Å². The molecule has 0 bridgehead atoms. The molecular weight excluding hydrogens is 288 g/mol. The van der Waals surface area contributed by atoms with Gasteiger partial charge in [0.15, 0.2) is 0 Å². The monoisotopic (exact) mass is 308 g/mol. The van der Waals surface area contributed by atoms with Crippen molar-refractivity contribution in [3.63, 3.8) is 0 Å². The Kier molecular flexibility index (Phi) is 5.69. The van der Waals surface area contributed by atoms with Crippen molar-refractivity contribution in [2.24, 2.45) is 0 Å². The lowest BCUT2D eigenvalue weighted by Crippen LogP contribution is -2.17. The summed E-state index contributed by atoms with van der Waals surface area (Å²) in [4.78, 5) is 24.3. The summed E-state index contributed by atoms with van der Waals surface area (Å²) in [6.45, 7) is 5.56.